The number of thioether (sulfide) groups is 1. The van der Waals surface area contributed by atoms with Gasteiger partial charge < -0.3 is 10.4 Å². The predicted molar refractivity (Wildman–Crippen MR) is 113 cm³/mol. The van der Waals surface area contributed by atoms with Gasteiger partial charge in [0.15, 0.2) is 0 Å². The first-order valence-corrected chi connectivity index (χ1v) is 10.5. The Bertz CT molecular complexity index is 966. The van der Waals surface area contributed by atoms with E-state index >= 15 is 0 Å². The standard InChI is InChI=1S/C21H22FN5O2S/c1-21(29,20(28)24-17-5-4-15(13-23)19(22)12-17)14-30-18-8-6-16(7-9-18)25-26-27-10-2-3-11-27/h4-9,12,29H,2-3,10-11,14H2,1H3,(H,24,28)/b26-25-/t21-/m0/s1. The zero-order valence-electron chi connectivity index (χ0n) is 16.5. The van der Waals surface area contributed by atoms with Gasteiger partial charge in [-0.25, -0.2) is 4.39 Å². The van der Waals surface area contributed by atoms with Crippen LogP contribution in [-0.4, -0.2) is 40.5 Å². The molecule has 9 heteroatoms. The van der Waals surface area contributed by atoms with Crippen LogP contribution in [0.2, 0.25) is 0 Å². The number of benzene rings is 2. The number of nitriles is 1. The predicted octanol–water partition coefficient (Wildman–Crippen LogP) is 4.27. The van der Waals surface area contributed by atoms with Crippen LogP contribution >= 0.6 is 11.8 Å². The summed E-state index contributed by atoms with van der Waals surface area (Å²) in [5, 5.41) is 32.1. The summed E-state index contributed by atoms with van der Waals surface area (Å²) in [5.41, 5.74) is -0.879. The van der Waals surface area contributed by atoms with Gasteiger partial charge in [0.05, 0.1) is 11.3 Å². The van der Waals surface area contributed by atoms with Crippen LogP contribution in [0.4, 0.5) is 15.8 Å². The molecule has 3 rings (SSSR count). The molecule has 0 aliphatic carbocycles. The zero-order valence-corrected chi connectivity index (χ0v) is 17.3. The number of aliphatic hydroxyl groups is 1. The van der Waals surface area contributed by atoms with Crippen molar-refractivity contribution in [2.75, 3.05) is 24.2 Å². The van der Waals surface area contributed by atoms with Crippen molar-refractivity contribution in [3.8, 4) is 6.07 Å². The molecule has 1 aliphatic rings. The van der Waals surface area contributed by atoms with Gasteiger partial charge in [-0.2, -0.15) is 5.26 Å². The maximum atomic E-state index is 13.7. The summed E-state index contributed by atoms with van der Waals surface area (Å²) in [5.74, 6) is -1.28. The monoisotopic (exact) mass is 427 g/mol. The smallest absolute Gasteiger partial charge is 0.256 e. The van der Waals surface area contributed by atoms with Crippen molar-refractivity contribution in [2.45, 2.75) is 30.3 Å². The van der Waals surface area contributed by atoms with Crippen LogP contribution in [0.3, 0.4) is 0 Å². The number of carbonyl (C=O) groups is 1. The fourth-order valence-corrected chi connectivity index (χ4v) is 3.66. The third-order valence-electron chi connectivity index (χ3n) is 4.56. The van der Waals surface area contributed by atoms with E-state index in [1.165, 1.54) is 30.8 Å². The van der Waals surface area contributed by atoms with Gasteiger partial charge in [-0.15, -0.1) is 16.9 Å². The minimum absolute atomic E-state index is 0.103. The van der Waals surface area contributed by atoms with E-state index in [1.54, 1.807) is 6.07 Å². The average molecular weight is 428 g/mol. The molecule has 0 unspecified atom stereocenters. The lowest BCUT2D eigenvalue weighted by Crippen LogP contribution is -2.42. The van der Waals surface area contributed by atoms with Crippen LogP contribution in [0.25, 0.3) is 0 Å². The molecule has 2 aromatic carbocycles. The Morgan fingerprint density at radius 3 is 2.63 bits per heavy atom. The highest BCUT2D eigenvalue weighted by atomic mass is 32.2. The Kier molecular flexibility index (Phi) is 7.03. The van der Waals surface area contributed by atoms with E-state index in [1.807, 2.05) is 29.3 Å². The number of hydrogen-bond donors (Lipinski definition) is 2. The molecule has 0 aromatic heterocycles. The quantitative estimate of drug-likeness (QED) is 0.507. The molecule has 1 fully saturated rings. The molecule has 156 valence electrons. The number of anilines is 1. The summed E-state index contributed by atoms with van der Waals surface area (Å²) in [6.07, 6.45) is 2.28. The summed E-state index contributed by atoms with van der Waals surface area (Å²) in [6.45, 7) is 3.27. The van der Waals surface area contributed by atoms with Crippen LogP contribution in [0.5, 0.6) is 0 Å². The molecule has 30 heavy (non-hydrogen) atoms. The third kappa shape index (κ3) is 5.78. The molecule has 0 saturated carbocycles. The number of carbonyl (C=O) groups excluding carboxylic acids is 1. The second-order valence-electron chi connectivity index (χ2n) is 7.17. The first-order chi connectivity index (χ1) is 14.4. The largest absolute Gasteiger partial charge is 0.379 e. The van der Waals surface area contributed by atoms with Gasteiger partial charge in [0, 0.05) is 29.4 Å². The number of amides is 1. The Labute approximate surface area is 178 Å². The summed E-state index contributed by atoms with van der Waals surface area (Å²) in [7, 11) is 0. The molecule has 0 bridgehead atoms. The Hall–Kier alpha value is -2.96. The molecule has 2 N–H and O–H groups in total. The molecular formula is C21H22FN5O2S. The highest BCUT2D eigenvalue weighted by Gasteiger charge is 2.30. The molecule has 2 aromatic rings. The van der Waals surface area contributed by atoms with Crippen LogP contribution < -0.4 is 5.32 Å². The summed E-state index contributed by atoms with van der Waals surface area (Å²) in [6, 6.07) is 12.8. The Balaban J connectivity index is 1.54. The lowest BCUT2D eigenvalue weighted by molar-refractivity contribution is -0.130. The van der Waals surface area contributed by atoms with Gasteiger partial charge in [0.2, 0.25) is 0 Å². The number of hydrogen-bond acceptors (Lipinski definition) is 6. The van der Waals surface area contributed by atoms with E-state index in [9.17, 15) is 14.3 Å². The van der Waals surface area contributed by atoms with E-state index in [0.29, 0.717) is 0 Å². The molecule has 1 amide bonds. The highest BCUT2D eigenvalue weighted by molar-refractivity contribution is 7.99. The van der Waals surface area contributed by atoms with E-state index in [2.05, 4.69) is 15.7 Å². The zero-order chi connectivity index (χ0) is 21.6. The van der Waals surface area contributed by atoms with Crippen molar-refractivity contribution in [3.63, 3.8) is 0 Å². The van der Waals surface area contributed by atoms with Gasteiger partial charge >= 0.3 is 0 Å². The number of nitrogens with zero attached hydrogens (tertiary/aromatic N) is 4. The number of halogens is 1. The molecule has 1 heterocycles. The molecule has 1 saturated heterocycles. The van der Waals surface area contributed by atoms with Gasteiger partial charge in [-0.3, -0.25) is 9.80 Å². The fourth-order valence-electron chi connectivity index (χ4n) is 2.75. The SMILES string of the molecule is C[C@](O)(CSc1ccc(/N=N\N2CCCC2)cc1)C(=O)Nc1ccc(C#N)c(F)c1. The van der Waals surface area contributed by atoms with E-state index in [4.69, 9.17) is 5.26 Å². The Morgan fingerprint density at radius 1 is 1.30 bits per heavy atom. The average Bonchev–Trinajstić information content (AvgIpc) is 3.25. The van der Waals surface area contributed by atoms with E-state index in [-0.39, 0.29) is 17.0 Å². The van der Waals surface area contributed by atoms with Gasteiger partial charge in [-0.1, -0.05) is 5.22 Å². The normalized spacial score (nSPS) is 15.7. The summed E-state index contributed by atoms with van der Waals surface area (Å²) < 4.78 is 13.7. The van der Waals surface area contributed by atoms with E-state index in [0.717, 1.165) is 42.6 Å². The molecule has 1 aliphatic heterocycles. The lowest BCUT2D eigenvalue weighted by atomic mass is 10.1. The topological polar surface area (TPSA) is 101 Å². The number of rotatable bonds is 7. The van der Waals surface area contributed by atoms with Crippen molar-refractivity contribution in [2.24, 2.45) is 10.3 Å². The van der Waals surface area contributed by atoms with Crippen LogP contribution in [-0.2, 0) is 4.79 Å². The second-order valence-corrected chi connectivity index (χ2v) is 8.22. The highest BCUT2D eigenvalue weighted by Crippen LogP contribution is 2.26. The van der Waals surface area contributed by atoms with E-state index < -0.39 is 17.3 Å². The van der Waals surface area contributed by atoms with Gasteiger partial charge in [-0.05, 0) is 62.2 Å². The fraction of sp³-hybridized carbons (Fsp3) is 0.333. The first-order valence-electron chi connectivity index (χ1n) is 9.50. The third-order valence-corrected chi connectivity index (χ3v) is 5.87. The second kappa shape index (κ2) is 9.69. The van der Waals surface area contributed by atoms with Crippen LogP contribution in [0.1, 0.15) is 25.3 Å². The molecular weight excluding hydrogens is 405 g/mol. The van der Waals surface area contributed by atoms with Crippen molar-refractivity contribution in [1.29, 1.82) is 5.26 Å². The molecule has 0 radical (unpaired) electrons. The maximum absolute atomic E-state index is 13.7. The first kappa shape index (κ1) is 21.7. The minimum atomic E-state index is -1.68. The van der Waals surface area contributed by atoms with Crippen LogP contribution in [0.15, 0.2) is 57.7 Å². The number of nitrogens with one attached hydrogen (secondary N) is 1. The van der Waals surface area contributed by atoms with Crippen LogP contribution in [0, 0.1) is 17.1 Å². The maximum Gasteiger partial charge on any atom is 0.256 e. The van der Waals surface area contributed by atoms with Gasteiger partial charge in [0.25, 0.3) is 5.91 Å². The van der Waals surface area contributed by atoms with Crippen molar-refractivity contribution in [1.82, 2.24) is 5.01 Å². The molecule has 1 atom stereocenters. The molecule has 0 spiro atoms. The van der Waals surface area contributed by atoms with Gasteiger partial charge in [0.1, 0.15) is 17.5 Å². The Morgan fingerprint density at radius 2 is 2.00 bits per heavy atom. The minimum Gasteiger partial charge on any atom is -0.379 e. The summed E-state index contributed by atoms with van der Waals surface area (Å²) >= 11 is 1.32. The molecule has 7 nitrogen and oxygen atoms in total. The summed E-state index contributed by atoms with van der Waals surface area (Å²) in [4.78, 5) is 13.3. The van der Waals surface area contributed by atoms with Crippen molar-refractivity contribution >= 4 is 29.0 Å². The lowest BCUT2D eigenvalue weighted by Gasteiger charge is -2.22. The van der Waals surface area contributed by atoms with Crippen molar-refractivity contribution in [3.05, 3.63) is 53.8 Å². The van der Waals surface area contributed by atoms with Crippen molar-refractivity contribution < 1.29 is 14.3 Å².